The molecule has 0 heterocycles. The number of nitrogens with one attached hydrogen (secondary N) is 1. The van der Waals surface area contributed by atoms with Gasteiger partial charge in [0.25, 0.3) is 10.2 Å². The summed E-state index contributed by atoms with van der Waals surface area (Å²) in [6.45, 7) is 1.83. The maximum Gasteiger partial charge on any atom is 0.281 e. The van der Waals surface area contributed by atoms with E-state index in [1.54, 1.807) is 6.92 Å². The second-order valence-corrected chi connectivity index (χ2v) is 6.18. The molecule has 0 saturated carbocycles. The topological polar surface area (TPSA) is 72.9 Å². The molecule has 0 aliphatic rings. The average Bonchev–Trinajstić information content (AvgIpc) is 2.15. The SMILES string of the molecule is C[C@H](NP)C(O)CN(C)S(=O)(=O)N(C)C. The third-order valence-electron chi connectivity index (χ3n) is 2.14. The molecule has 0 aromatic carbocycles. The van der Waals surface area contributed by atoms with Gasteiger partial charge in [-0.15, -0.1) is 0 Å². The molecule has 3 atom stereocenters. The molecule has 0 amide bonds. The van der Waals surface area contributed by atoms with Crippen LogP contribution < -0.4 is 5.09 Å². The van der Waals surface area contributed by atoms with E-state index >= 15 is 0 Å². The lowest BCUT2D eigenvalue weighted by Gasteiger charge is -2.26. The van der Waals surface area contributed by atoms with Gasteiger partial charge in [0.05, 0.1) is 6.10 Å². The Morgan fingerprint density at radius 1 is 1.40 bits per heavy atom. The average molecular weight is 257 g/mol. The monoisotopic (exact) mass is 257 g/mol. The summed E-state index contributed by atoms with van der Waals surface area (Å²) in [5.74, 6) is 0. The van der Waals surface area contributed by atoms with Crippen LogP contribution in [0.25, 0.3) is 0 Å². The van der Waals surface area contributed by atoms with Crippen molar-refractivity contribution in [2.45, 2.75) is 19.1 Å². The van der Waals surface area contributed by atoms with Crippen LogP contribution in [0, 0.1) is 0 Å². The fourth-order valence-corrected chi connectivity index (χ4v) is 2.03. The van der Waals surface area contributed by atoms with E-state index < -0.39 is 16.3 Å². The van der Waals surface area contributed by atoms with Crippen LogP contribution in [0.4, 0.5) is 0 Å². The smallest absolute Gasteiger partial charge is 0.281 e. The van der Waals surface area contributed by atoms with Gasteiger partial charge in [0.2, 0.25) is 0 Å². The first-order chi connectivity index (χ1) is 6.73. The second-order valence-electron chi connectivity index (χ2n) is 3.59. The van der Waals surface area contributed by atoms with E-state index in [9.17, 15) is 13.5 Å². The maximum atomic E-state index is 11.6. The number of aliphatic hydroxyl groups is 1. The van der Waals surface area contributed by atoms with E-state index in [1.807, 2.05) is 0 Å². The van der Waals surface area contributed by atoms with Crippen molar-refractivity contribution >= 4 is 19.6 Å². The Hall–Kier alpha value is 0.220. The summed E-state index contributed by atoms with van der Waals surface area (Å²) < 4.78 is 25.4. The van der Waals surface area contributed by atoms with Crippen molar-refractivity contribution in [3.63, 3.8) is 0 Å². The largest absolute Gasteiger partial charge is 0.390 e. The highest BCUT2D eigenvalue weighted by Gasteiger charge is 2.24. The Balaban J connectivity index is 4.44. The van der Waals surface area contributed by atoms with Crippen LogP contribution >= 0.6 is 9.39 Å². The highest BCUT2D eigenvalue weighted by Crippen LogP contribution is 2.04. The molecule has 8 heteroatoms. The summed E-state index contributed by atoms with van der Waals surface area (Å²) in [4.78, 5) is 0. The zero-order valence-electron chi connectivity index (χ0n) is 9.51. The summed E-state index contributed by atoms with van der Waals surface area (Å²) in [6.07, 6.45) is -0.748. The van der Waals surface area contributed by atoms with Gasteiger partial charge in [-0.3, -0.25) is 5.09 Å². The van der Waals surface area contributed by atoms with Crippen LogP contribution in [-0.4, -0.2) is 62.0 Å². The normalized spacial score (nSPS) is 17.1. The van der Waals surface area contributed by atoms with Gasteiger partial charge < -0.3 is 5.11 Å². The first-order valence-corrected chi connectivity index (χ1v) is 6.49. The predicted molar refractivity (Wildman–Crippen MR) is 63.6 cm³/mol. The highest BCUT2D eigenvalue weighted by atomic mass is 32.2. The van der Waals surface area contributed by atoms with Gasteiger partial charge in [0, 0.05) is 33.7 Å². The van der Waals surface area contributed by atoms with E-state index in [1.165, 1.54) is 21.1 Å². The van der Waals surface area contributed by atoms with Crippen LogP contribution in [-0.2, 0) is 10.2 Å². The Morgan fingerprint density at radius 2 is 1.87 bits per heavy atom. The summed E-state index contributed by atoms with van der Waals surface area (Å²) in [5, 5.41) is 12.4. The lowest BCUT2D eigenvalue weighted by molar-refractivity contribution is 0.125. The molecule has 0 saturated heterocycles. The zero-order valence-corrected chi connectivity index (χ0v) is 11.5. The van der Waals surface area contributed by atoms with E-state index in [4.69, 9.17) is 0 Å². The standard InChI is InChI=1S/C7H20N3O3PS/c1-6(8-14)7(11)5-10(4)15(12,13)9(2)3/h6-8,11H,5,14H2,1-4H3/t6-,7?/m0/s1. The molecule has 0 aromatic heterocycles. The van der Waals surface area contributed by atoms with E-state index in [-0.39, 0.29) is 12.6 Å². The molecular weight excluding hydrogens is 237 g/mol. The summed E-state index contributed by atoms with van der Waals surface area (Å²) in [6, 6.07) is -0.185. The molecule has 2 unspecified atom stereocenters. The van der Waals surface area contributed by atoms with Gasteiger partial charge in [-0.05, 0) is 6.92 Å². The molecule has 0 aliphatic heterocycles. The van der Waals surface area contributed by atoms with Crippen LogP contribution in [0.15, 0.2) is 0 Å². The molecule has 0 aliphatic carbocycles. The van der Waals surface area contributed by atoms with Crippen molar-refractivity contribution in [1.29, 1.82) is 0 Å². The van der Waals surface area contributed by atoms with E-state index in [2.05, 4.69) is 14.5 Å². The van der Waals surface area contributed by atoms with Gasteiger partial charge in [-0.1, -0.05) is 9.39 Å². The molecule has 15 heavy (non-hydrogen) atoms. The fraction of sp³-hybridized carbons (Fsp3) is 1.00. The van der Waals surface area contributed by atoms with Crippen LogP contribution in [0.5, 0.6) is 0 Å². The lowest BCUT2D eigenvalue weighted by Crippen LogP contribution is -2.45. The van der Waals surface area contributed by atoms with Gasteiger partial charge in [0.1, 0.15) is 0 Å². The minimum Gasteiger partial charge on any atom is -0.390 e. The molecule has 6 nitrogen and oxygen atoms in total. The Morgan fingerprint density at radius 3 is 2.20 bits per heavy atom. The van der Waals surface area contributed by atoms with Crippen molar-refractivity contribution in [3.8, 4) is 0 Å². The lowest BCUT2D eigenvalue weighted by atomic mass is 10.2. The molecule has 0 fully saturated rings. The number of hydrogen-bond acceptors (Lipinski definition) is 4. The Kier molecular flexibility index (Phi) is 6.17. The number of nitrogens with zero attached hydrogens (tertiary/aromatic N) is 2. The molecule has 0 aromatic rings. The molecule has 0 bridgehead atoms. The van der Waals surface area contributed by atoms with Gasteiger partial charge in [-0.25, -0.2) is 0 Å². The minimum atomic E-state index is -3.44. The predicted octanol–water partition coefficient (Wildman–Crippen LogP) is -1.15. The molecule has 92 valence electrons. The first-order valence-electron chi connectivity index (χ1n) is 4.51. The van der Waals surface area contributed by atoms with Gasteiger partial charge >= 0.3 is 0 Å². The fourth-order valence-electron chi connectivity index (χ4n) is 0.906. The van der Waals surface area contributed by atoms with Gasteiger partial charge in [0.15, 0.2) is 0 Å². The third-order valence-corrected chi connectivity index (χ3v) is 4.52. The first kappa shape index (κ1) is 15.2. The van der Waals surface area contributed by atoms with Crippen LogP contribution in [0.3, 0.4) is 0 Å². The highest BCUT2D eigenvalue weighted by molar-refractivity contribution is 7.86. The Bertz CT molecular complexity index is 283. The number of aliphatic hydroxyl groups excluding tert-OH is 1. The van der Waals surface area contributed by atoms with Crippen molar-refractivity contribution in [3.05, 3.63) is 0 Å². The summed E-state index contributed by atoms with van der Waals surface area (Å²) >= 11 is 0. The van der Waals surface area contributed by atoms with Crippen LogP contribution in [0.2, 0.25) is 0 Å². The van der Waals surface area contributed by atoms with Crippen LogP contribution in [0.1, 0.15) is 6.92 Å². The number of rotatable bonds is 6. The van der Waals surface area contributed by atoms with E-state index in [0.717, 1.165) is 8.61 Å². The van der Waals surface area contributed by atoms with Crippen molar-refractivity contribution in [2.75, 3.05) is 27.7 Å². The van der Waals surface area contributed by atoms with Crippen molar-refractivity contribution < 1.29 is 13.5 Å². The quantitative estimate of drug-likeness (QED) is 0.590. The molecule has 2 N–H and O–H groups in total. The second kappa shape index (κ2) is 6.08. The number of hydrogen-bond donors (Lipinski definition) is 2. The van der Waals surface area contributed by atoms with Crippen molar-refractivity contribution in [2.24, 2.45) is 0 Å². The molecule has 0 rings (SSSR count). The summed E-state index contributed by atoms with van der Waals surface area (Å²) in [5.41, 5.74) is 0. The maximum absolute atomic E-state index is 11.6. The number of likely N-dealkylation sites (N-methyl/N-ethyl adjacent to an activating group) is 1. The summed E-state index contributed by atoms with van der Waals surface area (Å²) in [7, 11) is 3.19. The van der Waals surface area contributed by atoms with Gasteiger partial charge in [-0.2, -0.15) is 17.0 Å². The molecule has 0 spiro atoms. The minimum absolute atomic E-state index is 0.0586. The van der Waals surface area contributed by atoms with E-state index in [0.29, 0.717) is 0 Å². The third kappa shape index (κ3) is 4.30. The molecular formula is C7H20N3O3PS. The zero-order chi connectivity index (χ0) is 12.2. The Labute approximate surface area is 94.1 Å². The molecule has 0 radical (unpaired) electrons. The van der Waals surface area contributed by atoms with Crippen molar-refractivity contribution in [1.82, 2.24) is 13.7 Å².